The third kappa shape index (κ3) is 6.39. The lowest BCUT2D eigenvalue weighted by atomic mass is 10.2. The van der Waals surface area contributed by atoms with E-state index in [0.29, 0.717) is 29.2 Å². The second-order valence-electron chi connectivity index (χ2n) is 6.81. The van der Waals surface area contributed by atoms with Crippen LogP contribution in [0.1, 0.15) is 31.8 Å². The van der Waals surface area contributed by atoms with Gasteiger partial charge in [0.25, 0.3) is 5.91 Å². The van der Waals surface area contributed by atoms with E-state index in [0.717, 1.165) is 11.5 Å². The number of benzene rings is 3. The highest BCUT2D eigenvalue weighted by Crippen LogP contribution is 2.22. The fraction of sp³-hybridized carbons (Fsp3) is 0.167. The number of amides is 2. The molecule has 154 valence electrons. The first-order valence-corrected chi connectivity index (χ1v) is 10.8. The van der Waals surface area contributed by atoms with Gasteiger partial charge >= 0.3 is 0 Å². The molecule has 0 fully saturated rings. The molecule has 0 unspecified atom stereocenters. The highest BCUT2D eigenvalue weighted by Gasteiger charge is 2.06. The van der Waals surface area contributed by atoms with Gasteiger partial charge in [-0.1, -0.05) is 29.8 Å². The molecule has 3 N–H and O–H groups in total. The van der Waals surface area contributed by atoms with Crippen molar-refractivity contribution in [2.24, 2.45) is 5.73 Å². The summed E-state index contributed by atoms with van der Waals surface area (Å²) in [5.41, 5.74) is 8.77. The molecular formula is C24H24N2O3S. The van der Waals surface area contributed by atoms with E-state index in [2.05, 4.69) is 36.5 Å². The molecule has 3 rings (SSSR count). The minimum Gasteiger partial charge on any atom is -0.457 e. The number of hydrogen-bond acceptors (Lipinski definition) is 4. The Labute approximate surface area is 180 Å². The van der Waals surface area contributed by atoms with Crippen LogP contribution in [0.3, 0.4) is 0 Å². The molecule has 0 saturated carbocycles. The van der Waals surface area contributed by atoms with E-state index in [1.54, 1.807) is 60.3 Å². The second kappa shape index (κ2) is 10.5. The lowest BCUT2D eigenvalue weighted by Crippen LogP contribution is -2.25. The van der Waals surface area contributed by atoms with Gasteiger partial charge in [0.2, 0.25) is 5.91 Å². The van der Waals surface area contributed by atoms with Gasteiger partial charge in [0.1, 0.15) is 11.5 Å². The normalized spacial score (nSPS) is 10.4. The van der Waals surface area contributed by atoms with E-state index in [1.165, 1.54) is 11.1 Å². The Hall–Kier alpha value is -3.25. The van der Waals surface area contributed by atoms with Gasteiger partial charge in [-0.25, -0.2) is 0 Å². The quantitative estimate of drug-likeness (QED) is 0.498. The van der Waals surface area contributed by atoms with Gasteiger partial charge in [0, 0.05) is 29.2 Å². The molecule has 6 heteroatoms. The summed E-state index contributed by atoms with van der Waals surface area (Å²) in [6.07, 6.45) is 0. The lowest BCUT2D eigenvalue weighted by molar-refractivity contribution is 0.0954. The van der Waals surface area contributed by atoms with Crippen molar-refractivity contribution in [3.8, 4) is 11.5 Å². The van der Waals surface area contributed by atoms with Gasteiger partial charge in [-0.15, -0.1) is 0 Å². The summed E-state index contributed by atoms with van der Waals surface area (Å²) in [4.78, 5) is 23.4. The van der Waals surface area contributed by atoms with Crippen molar-refractivity contribution in [2.75, 3.05) is 12.3 Å². The minimum absolute atomic E-state index is 0.108. The van der Waals surface area contributed by atoms with Gasteiger partial charge in [-0.2, -0.15) is 11.8 Å². The smallest absolute Gasteiger partial charge is 0.251 e. The van der Waals surface area contributed by atoms with Crippen LogP contribution in [0.15, 0.2) is 72.8 Å². The SMILES string of the molecule is Cc1ccc(CSCCNC(=O)c2ccc(Oc3ccc(C(N)=O)cc3)cc2)cc1. The van der Waals surface area contributed by atoms with Crippen molar-refractivity contribution >= 4 is 23.6 Å². The van der Waals surface area contributed by atoms with Crippen LogP contribution < -0.4 is 15.8 Å². The lowest BCUT2D eigenvalue weighted by Gasteiger charge is -2.08. The van der Waals surface area contributed by atoms with Crippen LogP contribution in [0.5, 0.6) is 11.5 Å². The van der Waals surface area contributed by atoms with E-state index in [1.807, 2.05) is 0 Å². The first-order valence-electron chi connectivity index (χ1n) is 9.60. The number of rotatable bonds is 9. The number of ether oxygens (including phenoxy) is 1. The Balaban J connectivity index is 1.42. The van der Waals surface area contributed by atoms with Crippen LogP contribution in [-0.2, 0) is 5.75 Å². The number of thioether (sulfide) groups is 1. The van der Waals surface area contributed by atoms with Crippen LogP contribution in [0.25, 0.3) is 0 Å². The third-order valence-corrected chi connectivity index (χ3v) is 5.44. The molecule has 0 bridgehead atoms. The van der Waals surface area contributed by atoms with Gasteiger partial charge in [0.15, 0.2) is 0 Å². The monoisotopic (exact) mass is 420 g/mol. The summed E-state index contributed by atoms with van der Waals surface area (Å²) in [6.45, 7) is 2.69. The molecule has 0 spiro atoms. The Bertz CT molecular complexity index is 984. The molecule has 30 heavy (non-hydrogen) atoms. The van der Waals surface area contributed by atoms with E-state index >= 15 is 0 Å². The van der Waals surface area contributed by atoms with Crippen molar-refractivity contribution < 1.29 is 14.3 Å². The summed E-state index contributed by atoms with van der Waals surface area (Å²) >= 11 is 1.79. The Morgan fingerprint density at radius 2 is 1.43 bits per heavy atom. The van der Waals surface area contributed by atoms with Crippen LogP contribution in [-0.4, -0.2) is 24.1 Å². The topological polar surface area (TPSA) is 81.4 Å². The van der Waals surface area contributed by atoms with Gasteiger partial charge in [-0.05, 0) is 61.0 Å². The average Bonchev–Trinajstić information content (AvgIpc) is 2.75. The minimum atomic E-state index is -0.481. The molecule has 0 aliphatic rings. The number of nitrogens with one attached hydrogen (secondary N) is 1. The predicted octanol–water partition coefficient (Wildman–Crippen LogP) is 4.55. The Morgan fingerprint density at radius 1 is 0.867 bits per heavy atom. The molecular weight excluding hydrogens is 396 g/mol. The van der Waals surface area contributed by atoms with Crippen molar-refractivity contribution in [1.82, 2.24) is 5.32 Å². The standard InChI is InChI=1S/C24H24N2O3S/c1-17-2-4-18(5-3-17)16-30-15-14-26-24(28)20-8-12-22(13-9-20)29-21-10-6-19(7-11-21)23(25)27/h2-13H,14-16H2,1H3,(H2,25,27)(H,26,28). The zero-order valence-electron chi connectivity index (χ0n) is 16.8. The first-order chi connectivity index (χ1) is 14.5. The number of nitrogens with two attached hydrogens (primary N) is 1. The average molecular weight is 421 g/mol. The van der Waals surface area contributed by atoms with Crippen LogP contribution in [0.4, 0.5) is 0 Å². The summed E-state index contributed by atoms with van der Waals surface area (Å²) < 4.78 is 5.72. The summed E-state index contributed by atoms with van der Waals surface area (Å²) in [7, 11) is 0. The van der Waals surface area contributed by atoms with E-state index < -0.39 is 5.91 Å². The number of carbonyl (C=O) groups is 2. The maximum Gasteiger partial charge on any atom is 0.251 e. The largest absolute Gasteiger partial charge is 0.457 e. The zero-order chi connectivity index (χ0) is 21.3. The van der Waals surface area contributed by atoms with Crippen LogP contribution in [0, 0.1) is 6.92 Å². The molecule has 0 aliphatic heterocycles. The number of hydrogen-bond donors (Lipinski definition) is 2. The first kappa shape index (κ1) is 21.5. The van der Waals surface area contributed by atoms with Crippen molar-refractivity contribution in [1.29, 1.82) is 0 Å². The fourth-order valence-corrected chi connectivity index (χ4v) is 3.53. The Kier molecular flexibility index (Phi) is 7.51. The molecule has 0 saturated heterocycles. The summed E-state index contributed by atoms with van der Waals surface area (Å²) in [5, 5.41) is 2.94. The van der Waals surface area contributed by atoms with Gasteiger partial charge < -0.3 is 15.8 Å². The summed E-state index contributed by atoms with van der Waals surface area (Å²) in [5.74, 6) is 2.38. The molecule has 5 nitrogen and oxygen atoms in total. The van der Waals surface area contributed by atoms with Gasteiger partial charge in [0.05, 0.1) is 0 Å². The third-order valence-electron chi connectivity index (χ3n) is 4.41. The van der Waals surface area contributed by atoms with E-state index in [4.69, 9.17) is 10.5 Å². The highest BCUT2D eigenvalue weighted by atomic mass is 32.2. The molecule has 2 amide bonds. The number of primary amides is 1. The Morgan fingerprint density at radius 3 is 2.00 bits per heavy atom. The molecule has 3 aromatic rings. The number of aryl methyl sites for hydroxylation is 1. The predicted molar refractivity (Wildman–Crippen MR) is 121 cm³/mol. The highest BCUT2D eigenvalue weighted by molar-refractivity contribution is 7.98. The zero-order valence-corrected chi connectivity index (χ0v) is 17.6. The molecule has 0 aliphatic carbocycles. The molecule has 0 atom stereocenters. The van der Waals surface area contributed by atoms with Crippen molar-refractivity contribution in [3.05, 3.63) is 95.1 Å². The van der Waals surface area contributed by atoms with Crippen LogP contribution in [0.2, 0.25) is 0 Å². The van der Waals surface area contributed by atoms with Crippen LogP contribution >= 0.6 is 11.8 Å². The molecule has 0 heterocycles. The maximum absolute atomic E-state index is 12.3. The number of carbonyl (C=O) groups excluding carboxylic acids is 2. The molecule has 0 radical (unpaired) electrons. The fourth-order valence-electron chi connectivity index (χ4n) is 2.71. The van der Waals surface area contributed by atoms with Gasteiger partial charge in [-0.3, -0.25) is 9.59 Å². The van der Waals surface area contributed by atoms with E-state index in [-0.39, 0.29) is 5.91 Å². The maximum atomic E-state index is 12.3. The van der Waals surface area contributed by atoms with E-state index in [9.17, 15) is 9.59 Å². The van der Waals surface area contributed by atoms with Crippen molar-refractivity contribution in [2.45, 2.75) is 12.7 Å². The summed E-state index contributed by atoms with van der Waals surface area (Å²) in [6, 6.07) is 22.0. The molecule has 3 aromatic carbocycles. The second-order valence-corrected chi connectivity index (χ2v) is 7.91. The molecule has 0 aromatic heterocycles. The van der Waals surface area contributed by atoms with Crippen molar-refractivity contribution in [3.63, 3.8) is 0 Å².